The van der Waals surface area contributed by atoms with Crippen molar-refractivity contribution in [2.24, 2.45) is 5.92 Å². The van der Waals surface area contributed by atoms with Gasteiger partial charge in [-0.15, -0.1) is 0 Å². The summed E-state index contributed by atoms with van der Waals surface area (Å²) in [7, 11) is 2.13. The maximum Gasteiger partial charge on any atom is 0.119 e. The molecule has 0 aromatic heterocycles. The molecule has 4 nitrogen and oxygen atoms in total. The van der Waals surface area contributed by atoms with Gasteiger partial charge in [-0.2, -0.15) is 0 Å². The average Bonchev–Trinajstić information content (AvgIpc) is 3.19. The third kappa shape index (κ3) is 4.93. The molecule has 3 rings (SSSR count). The van der Waals surface area contributed by atoms with Gasteiger partial charge in [0.15, 0.2) is 0 Å². The third-order valence-electron chi connectivity index (χ3n) is 5.00. The molecule has 4 heteroatoms. The van der Waals surface area contributed by atoms with Gasteiger partial charge in [0.2, 0.25) is 0 Å². The van der Waals surface area contributed by atoms with Crippen LogP contribution in [-0.2, 0) is 11.3 Å². The van der Waals surface area contributed by atoms with Crippen LogP contribution in [0.25, 0.3) is 0 Å². The molecule has 2 fully saturated rings. The molecule has 1 saturated heterocycles. The SMILES string of the molecule is CN(Cc1ccc(OCC2CCCO2)cc1)CC1CCCC1O. The Bertz CT molecular complexity index is 470. The molecule has 1 aliphatic heterocycles. The Balaban J connectivity index is 1.43. The van der Waals surface area contributed by atoms with Crippen LogP contribution >= 0.6 is 0 Å². The molecule has 2 aliphatic rings. The summed E-state index contributed by atoms with van der Waals surface area (Å²) in [5.41, 5.74) is 1.28. The Morgan fingerprint density at radius 3 is 2.65 bits per heavy atom. The Labute approximate surface area is 139 Å². The van der Waals surface area contributed by atoms with Gasteiger partial charge in [-0.05, 0) is 56.3 Å². The minimum atomic E-state index is -0.106. The van der Waals surface area contributed by atoms with E-state index in [1.54, 1.807) is 0 Å². The number of rotatable bonds is 7. The van der Waals surface area contributed by atoms with Crippen LogP contribution in [0.4, 0.5) is 0 Å². The van der Waals surface area contributed by atoms with Crippen molar-refractivity contribution >= 4 is 0 Å². The fourth-order valence-electron chi connectivity index (χ4n) is 3.66. The number of aliphatic hydroxyl groups excluding tert-OH is 1. The number of nitrogens with zero attached hydrogens (tertiary/aromatic N) is 1. The molecule has 3 atom stereocenters. The second-order valence-corrected chi connectivity index (χ2v) is 7.05. The van der Waals surface area contributed by atoms with Crippen LogP contribution < -0.4 is 4.74 Å². The highest BCUT2D eigenvalue weighted by molar-refractivity contribution is 5.27. The molecule has 0 amide bonds. The quantitative estimate of drug-likeness (QED) is 0.839. The Kier molecular flexibility index (Phi) is 5.92. The highest BCUT2D eigenvalue weighted by Crippen LogP contribution is 2.26. The summed E-state index contributed by atoms with van der Waals surface area (Å²) in [6, 6.07) is 8.35. The highest BCUT2D eigenvalue weighted by Gasteiger charge is 2.26. The maximum atomic E-state index is 9.94. The zero-order valence-corrected chi connectivity index (χ0v) is 14.1. The fourth-order valence-corrected chi connectivity index (χ4v) is 3.66. The summed E-state index contributed by atoms with van der Waals surface area (Å²) in [5.74, 6) is 1.35. The van der Waals surface area contributed by atoms with Gasteiger partial charge >= 0.3 is 0 Å². The molecule has 3 unspecified atom stereocenters. The normalized spacial score (nSPS) is 27.7. The van der Waals surface area contributed by atoms with Crippen molar-refractivity contribution in [3.05, 3.63) is 29.8 Å². The van der Waals surface area contributed by atoms with Gasteiger partial charge in [0, 0.05) is 19.7 Å². The zero-order valence-electron chi connectivity index (χ0n) is 14.1. The van der Waals surface area contributed by atoms with E-state index in [0.717, 1.165) is 57.6 Å². The van der Waals surface area contributed by atoms with E-state index in [-0.39, 0.29) is 12.2 Å². The van der Waals surface area contributed by atoms with E-state index < -0.39 is 0 Å². The second kappa shape index (κ2) is 8.13. The summed E-state index contributed by atoms with van der Waals surface area (Å²) in [4.78, 5) is 2.31. The molecule has 0 radical (unpaired) electrons. The van der Waals surface area contributed by atoms with Gasteiger partial charge in [0.25, 0.3) is 0 Å². The lowest BCUT2D eigenvalue weighted by atomic mass is 10.1. The number of aliphatic hydroxyl groups is 1. The van der Waals surface area contributed by atoms with Crippen LogP contribution in [0.1, 0.15) is 37.7 Å². The van der Waals surface area contributed by atoms with Gasteiger partial charge < -0.3 is 19.5 Å². The molecule has 23 heavy (non-hydrogen) atoms. The predicted octanol–water partition coefficient (Wildman–Crippen LogP) is 2.84. The van der Waals surface area contributed by atoms with Crippen LogP contribution in [0.5, 0.6) is 5.75 Å². The van der Waals surface area contributed by atoms with Crippen LogP contribution in [0.15, 0.2) is 24.3 Å². The maximum absolute atomic E-state index is 9.94. The molecule has 1 saturated carbocycles. The Morgan fingerprint density at radius 1 is 1.17 bits per heavy atom. The van der Waals surface area contributed by atoms with E-state index in [1.165, 1.54) is 5.56 Å². The van der Waals surface area contributed by atoms with Crippen molar-refractivity contribution in [2.75, 3.05) is 26.8 Å². The molecular weight excluding hydrogens is 290 g/mol. The topological polar surface area (TPSA) is 41.9 Å². The third-order valence-corrected chi connectivity index (χ3v) is 5.00. The number of hydrogen-bond acceptors (Lipinski definition) is 4. The van der Waals surface area contributed by atoms with Crippen LogP contribution in [0.3, 0.4) is 0 Å². The summed E-state index contributed by atoms with van der Waals surface area (Å²) >= 11 is 0. The molecule has 0 bridgehead atoms. The predicted molar refractivity (Wildman–Crippen MR) is 90.6 cm³/mol. The molecule has 1 aromatic carbocycles. The minimum absolute atomic E-state index is 0.106. The molecule has 128 valence electrons. The second-order valence-electron chi connectivity index (χ2n) is 7.05. The first-order valence-corrected chi connectivity index (χ1v) is 8.90. The van der Waals surface area contributed by atoms with Crippen LogP contribution in [0.2, 0.25) is 0 Å². The van der Waals surface area contributed by atoms with Gasteiger partial charge in [0.05, 0.1) is 12.2 Å². The van der Waals surface area contributed by atoms with Gasteiger partial charge in [-0.25, -0.2) is 0 Å². The lowest BCUT2D eigenvalue weighted by Crippen LogP contribution is -2.29. The van der Waals surface area contributed by atoms with Crippen molar-refractivity contribution < 1.29 is 14.6 Å². The number of ether oxygens (including phenoxy) is 2. The van der Waals surface area contributed by atoms with E-state index in [9.17, 15) is 5.11 Å². The van der Waals surface area contributed by atoms with Crippen molar-refractivity contribution in [3.63, 3.8) is 0 Å². The first kappa shape index (κ1) is 16.7. The standard InChI is InChI=1S/C19H29NO3/c1-20(13-16-4-2-6-19(16)21)12-15-7-9-17(10-8-15)23-14-18-5-3-11-22-18/h7-10,16,18-19,21H,2-6,11-14H2,1H3. The monoisotopic (exact) mass is 319 g/mol. The zero-order chi connectivity index (χ0) is 16.1. The van der Waals surface area contributed by atoms with Crippen molar-refractivity contribution in [3.8, 4) is 5.75 Å². The van der Waals surface area contributed by atoms with Gasteiger partial charge in [-0.1, -0.05) is 18.6 Å². The van der Waals surface area contributed by atoms with Crippen molar-refractivity contribution in [1.29, 1.82) is 0 Å². The number of hydrogen-bond donors (Lipinski definition) is 1. The van der Waals surface area contributed by atoms with E-state index in [0.29, 0.717) is 12.5 Å². The molecule has 1 aliphatic carbocycles. The highest BCUT2D eigenvalue weighted by atomic mass is 16.5. The van der Waals surface area contributed by atoms with E-state index in [2.05, 4.69) is 24.1 Å². The fraction of sp³-hybridized carbons (Fsp3) is 0.684. The van der Waals surface area contributed by atoms with Gasteiger partial charge in [-0.3, -0.25) is 0 Å². The minimum Gasteiger partial charge on any atom is -0.491 e. The summed E-state index contributed by atoms with van der Waals surface area (Å²) in [5, 5.41) is 9.94. The van der Waals surface area contributed by atoms with E-state index >= 15 is 0 Å². The van der Waals surface area contributed by atoms with Crippen LogP contribution in [-0.4, -0.2) is 49.0 Å². The first-order chi connectivity index (χ1) is 11.2. The van der Waals surface area contributed by atoms with Crippen LogP contribution in [0, 0.1) is 5.92 Å². The molecule has 1 N–H and O–H groups in total. The molecular formula is C19H29NO3. The summed E-state index contributed by atoms with van der Waals surface area (Å²) in [6.07, 6.45) is 5.70. The van der Waals surface area contributed by atoms with E-state index in [1.807, 2.05) is 12.1 Å². The lowest BCUT2D eigenvalue weighted by Gasteiger charge is -2.23. The Hall–Kier alpha value is -1.10. The largest absolute Gasteiger partial charge is 0.491 e. The smallest absolute Gasteiger partial charge is 0.119 e. The van der Waals surface area contributed by atoms with E-state index in [4.69, 9.17) is 9.47 Å². The van der Waals surface area contributed by atoms with Gasteiger partial charge in [0.1, 0.15) is 12.4 Å². The molecule has 0 spiro atoms. The van der Waals surface area contributed by atoms with Crippen molar-refractivity contribution in [2.45, 2.75) is 50.9 Å². The Morgan fingerprint density at radius 2 is 2.00 bits per heavy atom. The lowest BCUT2D eigenvalue weighted by molar-refractivity contribution is 0.0679. The number of benzene rings is 1. The molecule has 1 aromatic rings. The summed E-state index contributed by atoms with van der Waals surface area (Å²) in [6.45, 7) is 3.40. The molecule has 1 heterocycles. The average molecular weight is 319 g/mol. The summed E-state index contributed by atoms with van der Waals surface area (Å²) < 4.78 is 11.4. The van der Waals surface area contributed by atoms with Crippen molar-refractivity contribution in [1.82, 2.24) is 4.90 Å². The first-order valence-electron chi connectivity index (χ1n) is 8.90.